The summed E-state index contributed by atoms with van der Waals surface area (Å²) in [6, 6.07) is 13.9. The summed E-state index contributed by atoms with van der Waals surface area (Å²) in [4.78, 5) is 0. The molecule has 0 aliphatic carbocycles. The number of aryl methyl sites for hydroxylation is 1. The van der Waals surface area contributed by atoms with Crippen molar-refractivity contribution in [1.82, 2.24) is 0 Å². The third-order valence-electron chi connectivity index (χ3n) is 4.40. The fourth-order valence-electron chi connectivity index (χ4n) is 3.53. The second kappa shape index (κ2) is 4.52. The Bertz CT molecular complexity index is 670. The van der Waals surface area contributed by atoms with Crippen LogP contribution in [0.15, 0.2) is 42.5 Å². The van der Waals surface area contributed by atoms with E-state index in [1.165, 1.54) is 16.7 Å². The molecule has 0 unspecified atom stereocenters. The van der Waals surface area contributed by atoms with Gasteiger partial charge in [-0.05, 0) is 44.5 Å². The van der Waals surface area contributed by atoms with E-state index in [0.29, 0.717) is 5.75 Å². The summed E-state index contributed by atoms with van der Waals surface area (Å²) < 4.78 is 6.17. The van der Waals surface area contributed by atoms with Gasteiger partial charge in [-0.2, -0.15) is 0 Å². The minimum Gasteiger partial charge on any atom is -0.508 e. The van der Waals surface area contributed by atoms with E-state index in [1.54, 1.807) is 12.1 Å². The third kappa shape index (κ3) is 2.39. The third-order valence-corrected chi connectivity index (χ3v) is 4.40. The Morgan fingerprint density at radius 1 is 1.00 bits per heavy atom. The van der Waals surface area contributed by atoms with Crippen molar-refractivity contribution in [3.05, 3.63) is 59.2 Å². The normalized spacial score (nSPS) is 23.2. The molecule has 1 N–H and O–H groups in total. The van der Waals surface area contributed by atoms with Crippen molar-refractivity contribution in [3.8, 4) is 11.5 Å². The molecule has 2 heteroatoms. The lowest BCUT2D eigenvalue weighted by Crippen LogP contribution is -2.43. The van der Waals surface area contributed by atoms with Crippen LogP contribution in [0.5, 0.6) is 11.5 Å². The van der Waals surface area contributed by atoms with Crippen LogP contribution < -0.4 is 4.74 Å². The van der Waals surface area contributed by atoms with Crippen LogP contribution in [0.1, 0.15) is 43.9 Å². The average Bonchev–Trinajstić information content (AvgIpc) is 2.39. The standard InChI is InChI=1S/C19H22O2/c1-13-5-10-17-16(11-13)19(4,12-18(2,3)21-17)14-6-8-15(20)9-7-14/h5-11,20H,12H2,1-4H3/t19-/m1/s1. The lowest BCUT2D eigenvalue weighted by Gasteiger charge is -2.44. The molecule has 0 bridgehead atoms. The van der Waals surface area contributed by atoms with Gasteiger partial charge >= 0.3 is 0 Å². The molecular weight excluding hydrogens is 260 g/mol. The van der Waals surface area contributed by atoms with Crippen LogP contribution in [0.2, 0.25) is 0 Å². The minimum absolute atomic E-state index is 0.114. The molecule has 0 saturated heterocycles. The second-order valence-corrected chi connectivity index (χ2v) is 6.92. The molecule has 1 aliphatic heterocycles. The first-order chi connectivity index (χ1) is 9.80. The number of hydrogen-bond donors (Lipinski definition) is 1. The summed E-state index contributed by atoms with van der Waals surface area (Å²) in [5.41, 5.74) is 3.35. The molecule has 2 aromatic rings. The van der Waals surface area contributed by atoms with Gasteiger partial charge in [0.1, 0.15) is 17.1 Å². The van der Waals surface area contributed by atoms with Gasteiger partial charge in [-0.25, -0.2) is 0 Å². The summed E-state index contributed by atoms with van der Waals surface area (Å²) in [6.07, 6.45) is 0.904. The van der Waals surface area contributed by atoms with Crippen LogP contribution >= 0.6 is 0 Å². The van der Waals surface area contributed by atoms with E-state index < -0.39 is 0 Å². The van der Waals surface area contributed by atoms with Gasteiger partial charge in [-0.3, -0.25) is 0 Å². The summed E-state index contributed by atoms with van der Waals surface area (Å²) in [6.45, 7) is 8.64. The highest BCUT2D eigenvalue weighted by Crippen LogP contribution is 2.48. The molecule has 0 spiro atoms. The van der Waals surface area contributed by atoms with Crippen LogP contribution in [-0.2, 0) is 5.41 Å². The van der Waals surface area contributed by atoms with Crippen LogP contribution in [0.4, 0.5) is 0 Å². The van der Waals surface area contributed by atoms with Crippen molar-refractivity contribution in [1.29, 1.82) is 0 Å². The van der Waals surface area contributed by atoms with E-state index in [4.69, 9.17) is 4.74 Å². The van der Waals surface area contributed by atoms with Crippen LogP contribution in [0, 0.1) is 6.92 Å². The first kappa shape index (κ1) is 14.0. The van der Waals surface area contributed by atoms with Crippen molar-refractivity contribution in [2.45, 2.75) is 45.1 Å². The Hall–Kier alpha value is -1.96. The zero-order valence-corrected chi connectivity index (χ0v) is 13.1. The van der Waals surface area contributed by atoms with Gasteiger partial charge in [-0.15, -0.1) is 0 Å². The van der Waals surface area contributed by atoms with E-state index >= 15 is 0 Å². The van der Waals surface area contributed by atoms with Gasteiger partial charge in [0.25, 0.3) is 0 Å². The van der Waals surface area contributed by atoms with Crippen LogP contribution in [-0.4, -0.2) is 10.7 Å². The molecule has 0 amide bonds. The zero-order valence-electron chi connectivity index (χ0n) is 13.1. The smallest absolute Gasteiger partial charge is 0.124 e. The molecule has 2 aromatic carbocycles. The SMILES string of the molecule is Cc1ccc2c(c1)[C@@](C)(c1ccc(O)cc1)CC(C)(C)O2. The van der Waals surface area contributed by atoms with Crippen LogP contribution in [0.25, 0.3) is 0 Å². The molecule has 0 aromatic heterocycles. The van der Waals surface area contributed by atoms with Gasteiger partial charge < -0.3 is 9.84 Å². The Morgan fingerprint density at radius 3 is 2.33 bits per heavy atom. The van der Waals surface area contributed by atoms with Gasteiger partial charge in [0.05, 0.1) is 0 Å². The van der Waals surface area contributed by atoms with E-state index in [-0.39, 0.29) is 11.0 Å². The average molecular weight is 282 g/mol. The molecule has 1 atom stereocenters. The molecule has 2 nitrogen and oxygen atoms in total. The monoisotopic (exact) mass is 282 g/mol. The number of rotatable bonds is 1. The highest BCUT2D eigenvalue weighted by Gasteiger charge is 2.43. The maximum absolute atomic E-state index is 9.56. The number of fused-ring (bicyclic) bond motifs is 1. The molecule has 0 saturated carbocycles. The molecular formula is C19H22O2. The van der Waals surface area contributed by atoms with Crippen LogP contribution in [0.3, 0.4) is 0 Å². The predicted octanol–water partition coefficient (Wildman–Crippen LogP) is 4.57. The maximum Gasteiger partial charge on any atom is 0.124 e. The molecule has 0 fully saturated rings. The number of phenolic OH excluding ortho intramolecular Hbond substituents is 1. The molecule has 1 aliphatic rings. The zero-order chi connectivity index (χ0) is 15.3. The molecule has 3 rings (SSSR count). The summed E-state index contributed by atoms with van der Waals surface area (Å²) >= 11 is 0. The Kier molecular flexibility index (Phi) is 3.01. The first-order valence-electron chi connectivity index (χ1n) is 7.40. The van der Waals surface area contributed by atoms with Crippen molar-refractivity contribution in [2.75, 3.05) is 0 Å². The van der Waals surface area contributed by atoms with E-state index in [2.05, 4.69) is 45.9 Å². The van der Waals surface area contributed by atoms with Crippen molar-refractivity contribution < 1.29 is 9.84 Å². The second-order valence-electron chi connectivity index (χ2n) is 6.92. The van der Waals surface area contributed by atoms with Crippen molar-refractivity contribution in [3.63, 3.8) is 0 Å². The first-order valence-corrected chi connectivity index (χ1v) is 7.40. The number of aromatic hydroxyl groups is 1. The van der Waals surface area contributed by atoms with Gasteiger partial charge in [0, 0.05) is 17.4 Å². The van der Waals surface area contributed by atoms with Gasteiger partial charge in [0.15, 0.2) is 0 Å². The Morgan fingerprint density at radius 2 is 1.67 bits per heavy atom. The summed E-state index contributed by atoms with van der Waals surface area (Å²) in [7, 11) is 0. The largest absolute Gasteiger partial charge is 0.508 e. The fraction of sp³-hybridized carbons (Fsp3) is 0.368. The minimum atomic E-state index is -0.213. The number of ether oxygens (including phenoxy) is 1. The predicted molar refractivity (Wildman–Crippen MR) is 85.1 cm³/mol. The van der Waals surface area contributed by atoms with Gasteiger partial charge in [-0.1, -0.05) is 36.8 Å². The maximum atomic E-state index is 9.56. The number of phenols is 1. The van der Waals surface area contributed by atoms with Gasteiger partial charge in [0.2, 0.25) is 0 Å². The van der Waals surface area contributed by atoms with Crippen molar-refractivity contribution in [2.24, 2.45) is 0 Å². The summed E-state index contributed by atoms with van der Waals surface area (Å²) in [5, 5.41) is 9.56. The molecule has 1 heterocycles. The molecule has 21 heavy (non-hydrogen) atoms. The highest BCUT2D eigenvalue weighted by molar-refractivity contribution is 5.51. The Labute approximate surface area is 126 Å². The lowest BCUT2D eigenvalue weighted by atomic mass is 9.68. The Balaban J connectivity index is 2.21. The van der Waals surface area contributed by atoms with E-state index in [0.717, 1.165) is 12.2 Å². The highest BCUT2D eigenvalue weighted by atomic mass is 16.5. The fourth-order valence-corrected chi connectivity index (χ4v) is 3.53. The summed E-state index contributed by atoms with van der Waals surface area (Å²) in [5.74, 6) is 1.27. The van der Waals surface area contributed by atoms with E-state index in [9.17, 15) is 5.11 Å². The quantitative estimate of drug-likeness (QED) is 0.830. The molecule has 0 radical (unpaired) electrons. The topological polar surface area (TPSA) is 29.5 Å². The molecule has 110 valence electrons. The number of benzene rings is 2. The van der Waals surface area contributed by atoms with Crippen molar-refractivity contribution >= 4 is 0 Å². The van der Waals surface area contributed by atoms with E-state index in [1.807, 2.05) is 12.1 Å². The lowest BCUT2D eigenvalue weighted by molar-refractivity contribution is 0.0583. The number of hydrogen-bond acceptors (Lipinski definition) is 2.